The number of hydrogen-bond acceptors (Lipinski definition) is 4. The third-order valence-corrected chi connectivity index (χ3v) is 4.62. The minimum absolute atomic E-state index is 0.120. The monoisotopic (exact) mass is 265 g/mol. The van der Waals surface area contributed by atoms with Gasteiger partial charge in [-0.2, -0.15) is 5.10 Å². The highest BCUT2D eigenvalue weighted by atomic mass is 16.5. The quantitative estimate of drug-likeness (QED) is 0.866. The van der Waals surface area contributed by atoms with Crippen LogP contribution in [-0.2, 0) is 11.3 Å². The average molecular weight is 265 g/mol. The van der Waals surface area contributed by atoms with Crippen molar-refractivity contribution in [2.24, 2.45) is 11.3 Å². The lowest BCUT2D eigenvalue weighted by molar-refractivity contribution is -0.177. The number of aromatic nitrogens is 2. The van der Waals surface area contributed by atoms with E-state index in [0.29, 0.717) is 24.6 Å². The van der Waals surface area contributed by atoms with Gasteiger partial charge in [-0.15, -0.1) is 0 Å². The molecule has 0 radical (unpaired) electrons. The van der Waals surface area contributed by atoms with Gasteiger partial charge in [0.25, 0.3) is 0 Å². The fourth-order valence-electron chi connectivity index (χ4n) is 3.66. The lowest BCUT2D eigenvalue weighted by atomic mass is 9.55. The molecule has 0 spiro atoms. The summed E-state index contributed by atoms with van der Waals surface area (Å²) in [5.41, 5.74) is 1.21. The Balaban J connectivity index is 1.68. The SMILES string of the molecule is CC1(C)C(Nc2cnn(CCO)c2)C2CCCOC21. The Labute approximate surface area is 113 Å². The highest BCUT2D eigenvalue weighted by Crippen LogP contribution is 2.52. The summed E-state index contributed by atoms with van der Waals surface area (Å²) >= 11 is 0. The second-order valence-corrected chi connectivity index (χ2v) is 6.26. The fraction of sp³-hybridized carbons (Fsp3) is 0.786. The smallest absolute Gasteiger partial charge is 0.0728 e. The minimum atomic E-state index is 0.120. The van der Waals surface area contributed by atoms with Crippen LogP contribution in [-0.4, -0.2) is 40.2 Å². The van der Waals surface area contributed by atoms with Gasteiger partial charge in [-0.3, -0.25) is 4.68 Å². The number of nitrogens with zero attached hydrogens (tertiary/aromatic N) is 2. The van der Waals surface area contributed by atoms with Gasteiger partial charge in [0.15, 0.2) is 0 Å². The fourth-order valence-corrected chi connectivity index (χ4v) is 3.66. The Morgan fingerprint density at radius 2 is 2.42 bits per heavy atom. The van der Waals surface area contributed by atoms with Crippen molar-refractivity contribution in [2.45, 2.75) is 45.4 Å². The number of rotatable bonds is 4. The first kappa shape index (κ1) is 12.9. The van der Waals surface area contributed by atoms with Crippen LogP contribution >= 0.6 is 0 Å². The average Bonchev–Trinajstić information content (AvgIpc) is 2.84. The first-order valence-electron chi connectivity index (χ1n) is 7.14. The molecule has 3 atom stereocenters. The summed E-state index contributed by atoms with van der Waals surface area (Å²) in [5.74, 6) is 0.616. The summed E-state index contributed by atoms with van der Waals surface area (Å²) in [4.78, 5) is 0. The molecule has 2 N–H and O–H groups in total. The van der Waals surface area contributed by atoms with Gasteiger partial charge in [0, 0.05) is 30.2 Å². The maximum Gasteiger partial charge on any atom is 0.0728 e. The second-order valence-electron chi connectivity index (χ2n) is 6.26. The molecule has 2 fully saturated rings. The molecule has 1 saturated carbocycles. The number of fused-ring (bicyclic) bond motifs is 1. The number of hydrogen-bond donors (Lipinski definition) is 2. The van der Waals surface area contributed by atoms with Gasteiger partial charge in [-0.25, -0.2) is 0 Å². The van der Waals surface area contributed by atoms with E-state index in [1.165, 1.54) is 12.8 Å². The highest BCUT2D eigenvalue weighted by molar-refractivity contribution is 5.42. The molecule has 1 saturated heterocycles. The number of anilines is 1. The molecule has 2 heterocycles. The Morgan fingerprint density at radius 3 is 3.21 bits per heavy atom. The molecule has 3 rings (SSSR count). The summed E-state index contributed by atoms with van der Waals surface area (Å²) in [6.45, 7) is 6.12. The zero-order valence-electron chi connectivity index (χ0n) is 11.7. The van der Waals surface area contributed by atoms with Crippen LogP contribution in [0.25, 0.3) is 0 Å². The zero-order chi connectivity index (χ0) is 13.5. The number of aliphatic hydroxyl groups is 1. The van der Waals surface area contributed by atoms with Crippen molar-refractivity contribution in [3.8, 4) is 0 Å². The van der Waals surface area contributed by atoms with Gasteiger partial charge in [-0.1, -0.05) is 13.8 Å². The molecule has 1 aromatic heterocycles. The van der Waals surface area contributed by atoms with Gasteiger partial charge in [-0.05, 0) is 12.8 Å². The topological polar surface area (TPSA) is 59.3 Å². The van der Waals surface area contributed by atoms with Crippen LogP contribution in [0.4, 0.5) is 5.69 Å². The summed E-state index contributed by atoms with van der Waals surface area (Å²) in [6.07, 6.45) is 6.60. The van der Waals surface area contributed by atoms with Crippen LogP contribution in [0.15, 0.2) is 12.4 Å². The Morgan fingerprint density at radius 1 is 1.58 bits per heavy atom. The van der Waals surface area contributed by atoms with Crippen molar-refractivity contribution in [1.82, 2.24) is 9.78 Å². The molecule has 0 amide bonds. The van der Waals surface area contributed by atoms with E-state index >= 15 is 0 Å². The van der Waals surface area contributed by atoms with E-state index in [1.54, 1.807) is 4.68 Å². The molecule has 5 heteroatoms. The largest absolute Gasteiger partial charge is 0.394 e. The van der Waals surface area contributed by atoms with Crippen LogP contribution < -0.4 is 5.32 Å². The standard InChI is InChI=1S/C14H23N3O2/c1-14(2)12(11-4-3-7-19-13(11)14)16-10-8-15-17(9-10)5-6-18/h8-9,11-13,16,18H,3-7H2,1-2H3. The van der Waals surface area contributed by atoms with Crippen LogP contribution in [0.2, 0.25) is 0 Å². The minimum Gasteiger partial charge on any atom is -0.394 e. The number of aliphatic hydroxyl groups excluding tert-OH is 1. The molecular formula is C14H23N3O2. The van der Waals surface area contributed by atoms with Crippen LogP contribution in [0.5, 0.6) is 0 Å². The molecule has 19 heavy (non-hydrogen) atoms. The van der Waals surface area contributed by atoms with Crippen LogP contribution in [0, 0.1) is 11.3 Å². The van der Waals surface area contributed by atoms with E-state index in [-0.39, 0.29) is 12.0 Å². The van der Waals surface area contributed by atoms with Crippen molar-refractivity contribution < 1.29 is 9.84 Å². The van der Waals surface area contributed by atoms with E-state index < -0.39 is 0 Å². The first-order chi connectivity index (χ1) is 9.13. The van der Waals surface area contributed by atoms with Gasteiger partial charge in [0.1, 0.15) is 0 Å². The summed E-state index contributed by atoms with van der Waals surface area (Å²) in [5, 5.41) is 16.7. The maximum absolute atomic E-state index is 8.91. The molecule has 1 aliphatic heterocycles. The molecule has 1 aromatic rings. The predicted molar refractivity (Wildman–Crippen MR) is 73.0 cm³/mol. The molecular weight excluding hydrogens is 242 g/mol. The lowest BCUT2D eigenvalue weighted by Gasteiger charge is -2.60. The molecule has 5 nitrogen and oxygen atoms in total. The zero-order valence-corrected chi connectivity index (χ0v) is 11.7. The normalized spacial score (nSPS) is 32.5. The van der Waals surface area contributed by atoms with Gasteiger partial charge < -0.3 is 15.2 Å². The van der Waals surface area contributed by atoms with Crippen molar-refractivity contribution in [3.63, 3.8) is 0 Å². The third kappa shape index (κ3) is 2.15. The molecule has 0 aromatic carbocycles. The summed E-state index contributed by atoms with van der Waals surface area (Å²) < 4.78 is 7.68. The highest BCUT2D eigenvalue weighted by Gasteiger charge is 2.57. The van der Waals surface area contributed by atoms with Crippen LogP contribution in [0.1, 0.15) is 26.7 Å². The second kappa shape index (κ2) is 4.80. The first-order valence-corrected chi connectivity index (χ1v) is 7.14. The maximum atomic E-state index is 8.91. The van der Waals surface area contributed by atoms with E-state index in [0.717, 1.165) is 12.3 Å². The van der Waals surface area contributed by atoms with Crippen molar-refractivity contribution in [3.05, 3.63) is 12.4 Å². The molecule has 106 valence electrons. The summed E-state index contributed by atoms with van der Waals surface area (Å²) in [7, 11) is 0. The lowest BCUT2D eigenvalue weighted by Crippen LogP contribution is -2.67. The predicted octanol–water partition coefficient (Wildman–Crippen LogP) is 1.49. The van der Waals surface area contributed by atoms with Crippen molar-refractivity contribution in [2.75, 3.05) is 18.5 Å². The number of ether oxygens (including phenoxy) is 1. The molecule has 2 aliphatic rings. The molecule has 1 aliphatic carbocycles. The number of nitrogens with one attached hydrogen (secondary N) is 1. The van der Waals surface area contributed by atoms with Crippen molar-refractivity contribution >= 4 is 5.69 Å². The van der Waals surface area contributed by atoms with E-state index in [9.17, 15) is 0 Å². The van der Waals surface area contributed by atoms with Crippen LogP contribution in [0.3, 0.4) is 0 Å². The Kier molecular flexibility index (Phi) is 3.27. The van der Waals surface area contributed by atoms with E-state index in [2.05, 4.69) is 24.3 Å². The van der Waals surface area contributed by atoms with E-state index in [1.807, 2.05) is 12.4 Å². The van der Waals surface area contributed by atoms with Gasteiger partial charge >= 0.3 is 0 Å². The third-order valence-electron chi connectivity index (χ3n) is 4.62. The molecule has 3 unspecified atom stereocenters. The Hall–Kier alpha value is -1.07. The van der Waals surface area contributed by atoms with Gasteiger partial charge in [0.2, 0.25) is 0 Å². The summed E-state index contributed by atoms with van der Waals surface area (Å²) in [6, 6.07) is 0.449. The Bertz CT molecular complexity index is 444. The van der Waals surface area contributed by atoms with E-state index in [4.69, 9.17) is 9.84 Å². The van der Waals surface area contributed by atoms with Gasteiger partial charge in [0.05, 0.1) is 31.1 Å². The van der Waals surface area contributed by atoms with Crippen molar-refractivity contribution in [1.29, 1.82) is 0 Å². The molecule has 0 bridgehead atoms.